The van der Waals surface area contributed by atoms with E-state index in [1.807, 2.05) is 57.7 Å². The standard InChI is InChI=1S/C28H33BF2N2O6/c1-16-19(8-7-9-20(16)29-38-27(2,3)28(4,5)39-29)24-32-21-12-18(22(37-26(30)31)13-23(21)36-24)15-33-11-10-17(14-33)25(34)35-6/h7-9,12-13,17,26H,10-11,14-15H2,1-6H3/t17-/m0/s1. The van der Waals surface area contributed by atoms with Crippen molar-refractivity contribution in [1.29, 1.82) is 0 Å². The second kappa shape index (κ2) is 10.2. The zero-order valence-corrected chi connectivity index (χ0v) is 23.0. The molecule has 2 saturated heterocycles. The van der Waals surface area contributed by atoms with E-state index in [4.69, 9.17) is 28.2 Å². The minimum absolute atomic E-state index is 0.0180. The van der Waals surface area contributed by atoms with Crippen LogP contribution < -0.4 is 10.2 Å². The van der Waals surface area contributed by atoms with Crippen molar-refractivity contribution >= 4 is 29.7 Å². The number of benzene rings is 2. The average Bonchev–Trinajstić information content (AvgIpc) is 3.54. The molecule has 0 unspecified atom stereocenters. The van der Waals surface area contributed by atoms with Crippen molar-refractivity contribution in [3.63, 3.8) is 0 Å². The topological polar surface area (TPSA) is 83.3 Å². The van der Waals surface area contributed by atoms with Gasteiger partial charge in [0.1, 0.15) is 11.3 Å². The van der Waals surface area contributed by atoms with Gasteiger partial charge in [-0.15, -0.1) is 0 Å². The molecule has 1 aromatic heterocycles. The van der Waals surface area contributed by atoms with Crippen molar-refractivity contribution in [2.45, 2.75) is 65.4 Å². The van der Waals surface area contributed by atoms with E-state index in [-0.39, 0.29) is 17.6 Å². The van der Waals surface area contributed by atoms with E-state index < -0.39 is 24.9 Å². The Morgan fingerprint density at radius 3 is 2.59 bits per heavy atom. The molecule has 208 valence electrons. The van der Waals surface area contributed by atoms with Crippen LogP contribution in [-0.2, 0) is 25.4 Å². The Labute approximate surface area is 226 Å². The lowest BCUT2D eigenvalue weighted by molar-refractivity contribution is -0.144. The van der Waals surface area contributed by atoms with E-state index in [0.717, 1.165) is 16.6 Å². The van der Waals surface area contributed by atoms with Gasteiger partial charge in [0.05, 0.1) is 24.2 Å². The fraction of sp³-hybridized carbons (Fsp3) is 0.500. The monoisotopic (exact) mass is 542 g/mol. The summed E-state index contributed by atoms with van der Waals surface area (Å²) in [5, 5.41) is 0. The second-order valence-corrected chi connectivity index (χ2v) is 11.2. The molecule has 0 N–H and O–H groups in total. The molecule has 0 bridgehead atoms. The molecule has 2 fully saturated rings. The third kappa shape index (κ3) is 5.27. The van der Waals surface area contributed by atoms with Crippen LogP contribution in [0.25, 0.3) is 22.6 Å². The SMILES string of the molecule is COC(=O)[C@H]1CCN(Cc2cc3nc(-c4cccc(B5OC(C)(C)C(C)(C)O5)c4C)oc3cc2OC(F)F)C1. The Morgan fingerprint density at radius 1 is 1.21 bits per heavy atom. The van der Waals surface area contributed by atoms with Crippen LogP contribution in [-0.4, -0.2) is 61.0 Å². The number of ether oxygens (including phenoxy) is 2. The summed E-state index contributed by atoms with van der Waals surface area (Å²) >= 11 is 0. The molecule has 2 aliphatic heterocycles. The summed E-state index contributed by atoms with van der Waals surface area (Å²) in [4.78, 5) is 18.6. The zero-order valence-electron chi connectivity index (χ0n) is 23.0. The van der Waals surface area contributed by atoms with E-state index in [2.05, 4.69) is 0 Å². The van der Waals surface area contributed by atoms with Gasteiger partial charge in [-0.25, -0.2) is 4.98 Å². The summed E-state index contributed by atoms with van der Waals surface area (Å²) in [5.41, 5.74) is 2.92. The molecule has 39 heavy (non-hydrogen) atoms. The quantitative estimate of drug-likeness (QED) is 0.314. The van der Waals surface area contributed by atoms with Crippen LogP contribution in [0, 0.1) is 12.8 Å². The summed E-state index contributed by atoms with van der Waals surface area (Å²) in [6, 6.07) is 8.89. The predicted molar refractivity (Wildman–Crippen MR) is 142 cm³/mol. The number of carbonyl (C=O) groups is 1. The largest absolute Gasteiger partial charge is 0.495 e. The molecule has 2 aromatic carbocycles. The molecular formula is C28H33BF2N2O6. The van der Waals surface area contributed by atoms with Gasteiger partial charge in [-0.05, 0) is 70.7 Å². The van der Waals surface area contributed by atoms with Gasteiger partial charge in [0.2, 0.25) is 5.89 Å². The van der Waals surface area contributed by atoms with Crippen LogP contribution in [0.15, 0.2) is 34.7 Å². The number of hydrogen-bond donors (Lipinski definition) is 0. The van der Waals surface area contributed by atoms with Crippen molar-refractivity contribution in [2.75, 3.05) is 20.2 Å². The van der Waals surface area contributed by atoms with Crippen LogP contribution in [0.3, 0.4) is 0 Å². The van der Waals surface area contributed by atoms with Crippen molar-refractivity contribution < 1.29 is 36.8 Å². The number of aromatic nitrogens is 1. The Morgan fingerprint density at radius 2 is 1.92 bits per heavy atom. The number of methoxy groups -OCH3 is 1. The third-order valence-corrected chi connectivity index (χ3v) is 8.10. The number of halogens is 2. The molecule has 0 spiro atoms. The van der Waals surface area contributed by atoms with E-state index >= 15 is 0 Å². The summed E-state index contributed by atoms with van der Waals surface area (Å²) in [5.74, 6) is -0.135. The lowest BCUT2D eigenvalue weighted by Crippen LogP contribution is -2.41. The van der Waals surface area contributed by atoms with Gasteiger partial charge in [0.15, 0.2) is 5.58 Å². The predicted octanol–water partition coefficient (Wildman–Crippen LogP) is 4.70. The molecule has 0 radical (unpaired) electrons. The number of hydrogen-bond acceptors (Lipinski definition) is 8. The van der Waals surface area contributed by atoms with E-state index in [0.29, 0.717) is 48.6 Å². The number of carbonyl (C=O) groups excluding carboxylic acids is 1. The van der Waals surface area contributed by atoms with Crippen LogP contribution in [0.4, 0.5) is 8.78 Å². The lowest BCUT2D eigenvalue weighted by Gasteiger charge is -2.32. The molecular weight excluding hydrogens is 509 g/mol. The molecule has 1 atom stereocenters. The van der Waals surface area contributed by atoms with Crippen LogP contribution in [0.1, 0.15) is 45.2 Å². The summed E-state index contributed by atoms with van der Waals surface area (Å²) < 4.78 is 54.8. The molecule has 0 aliphatic carbocycles. The number of likely N-dealkylation sites (tertiary alicyclic amines) is 1. The molecule has 8 nitrogen and oxygen atoms in total. The van der Waals surface area contributed by atoms with Gasteiger partial charge < -0.3 is 23.2 Å². The molecule has 11 heteroatoms. The highest BCUT2D eigenvalue weighted by Gasteiger charge is 2.52. The Bertz CT molecular complexity index is 1380. The number of alkyl halides is 2. The number of oxazole rings is 1. The van der Waals surface area contributed by atoms with E-state index in [1.165, 1.54) is 13.2 Å². The molecule has 3 heterocycles. The van der Waals surface area contributed by atoms with Crippen molar-refractivity contribution in [2.24, 2.45) is 5.92 Å². The number of fused-ring (bicyclic) bond motifs is 1. The first-order valence-corrected chi connectivity index (χ1v) is 13.0. The Kier molecular flexibility index (Phi) is 7.19. The molecule has 5 rings (SSSR count). The van der Waals surface area contributed by atoms with Gasteiger partial charge in [-0.2, -0.15) is 8.78 Å². The highest BCUT2D eigenvalue weighted by Crippen LogP contribution is 2.38. The summed E-state index contributed by atoms with van der Waals surface area (Å²) in [6.07, 6.45) is 0.645. The van der Waals surface area contributed by atoms with Gasteiger partial charge in [-0.1, -0.05) is 12.1 Å². The fourth-order valence-electron chi connectivity index (χ4n) is 5.13. The summed E-state index contributed by atoms with van der Waals surface area (Å²) in [6.45, 7) is 8.40. The van der Waals surface area contributed by atoms with Gasteiger partial charge in [0.25, 0.3) is 0 Å². The first-order chi connectivity index (χ1) is 18.4. The molecule has 0 saturated carbocycles. The highest BCUT2D eigenvalue weighted by molar-refractivity contribution is 6.62. The number of esters is 1. The second-order valence-electron chi connectivity index (χ2n) is 11.2. The van der Waals surface area contributed by atoms with Crippen molar-refractivity contribution in [1.82, 2.24) is 9.88 Å². The lowest BCUT2D eigenvalue weighted by atomic mass is 9.75. The minimum atomic E-state index is -3.00. The maximum Gasteiger partial charge on any atom is 0.495 e. The Balaban J connectivity index is 1.46. The normalized spacial score (nSPS) is 20.7. The zero-order chi connectivity index (χ0) is 28.1. The highest BCUT2D eigenvalue weighted by atomic mass is 19.3. The smallest absolute Gasteiger partial charge is 0.469 e. The molecule has 3 aromatic rings. The Hall–Kier alpha value is -3.02. The van der Waals surface area contributed by atoms with Crippen LogP contribution in [0.5, 0.6) is 5.75 Å². The third-order valence-electron chi connectivity index (χ3n) is 8.10. The summed E-state index contributed by atoms with van der Waals surface area (Å²) in [7, 11) is 0.814. The number of rotatable bonds is 7. The minimum Gasteiger partial charge on any atom is -0.469 e. The first-order valence-electron chi connectivity index (χ1n) is 13.0. The van der Waals surface area contributed by atoms with Crippen LogP contribution in [0.2, 0.25) is 0 Å². The van der Waals surface area contributed by atoms with Crippen LogP contribution >= 0.6 is 0 Å². The van der Waals surface area contributed by atoms with E-state index in [1.54, 1.807) is 6.07 Å². The van der Waals surface area contributed by atoms with E-state index in [9.17, 15) is 13.6 Å². The number of nitrogens with zero attached hydrogens (tertiary/aromatic N) is 2. The average molecular weight is 542 g/mol. The maximum absolute atomic E-state index is 13.3. The van der Waals surface area contributed by atoms with Gasteiger partial charge in [-0.3, -0.25) is 9.69 Å². The van der Waals surface area contributed by atoms with Crippen molar-refractivity contribution in [3.05, 3.63) is 41.5 Å². The fourth-order valence-corrected chi connectivity index (χ4v) is 5.13. The van der Waals surface area contributed by atoms with Gasteiger partial charge >= 0.3 is 19.7 Å². The van der Waals surface area contributed by atoms with Crippen molar-refractivity contribution in [3.8, 4) is 17.2 Å². The first kappa shape index (κ1) is 27.5. The molecule has 0 amide bonds. The molecule has 2 aliphatic rings. The maximum atomic E-state index is 13.3. The van der Waals surface area contributed by atoms with Gasteiger partial charge in [0, 0.05) is 30.3 Å².